The summed E-state index contributed by atoms with van der Waals surface area (Å²) in [5, 5.41) is 11.6. The van der Waals surface area contributed by atoms with Gasteiger partial charge in [-0.3, -0.25) is 0 Å². The van der Waals surface area contributed by atoms with Crippen molar-refractivity contribution in [3.8, 4) is 0 Å². The monoisotopic (exact) mass is 322 g/mol. The number of rotatable bonds is 5. The minimum absolute atomic E-state index is 0.209. The molecule has 0 aliphatic rings. The molecular formula is C14H19BrN4. The number of aromatic nitrogens is 3. The molecule has 0 spiro atoms. The van der Waals surface area contributed by atoms with Crippen molar-refractivity contribution in [3.05, 3.63) is 45.7 Å². The van der Waals surface area contributed by atoms with Crippen LogP contribution in [0.4, 0.5) is 0 Å². The summed E-state index contributed by atoms with van der Waals surface area (Å²) in [6.45, 7) is 5.14. The summed E-state index contributed by atoms with van der Waals surface area (Å²) < 4.78 is 2.64. The summed E-state index contributed by atoms with van der Waals surface area (Å²) in [6, 6.07) is 8.82. The summed E-state index contributed by atoms with van der Waals surface area (Å²) >= 11 is 3.48. The van der Waals surface area contributed by atoms with Crippen LogP contribution >= 0.6 is 15.9 Å². The van der Waals surface area contributed by atoms with Gasteiger partial charge in [0, 0.05) is 7.05 Å². The first-order chi connectivity index (χ1) is 9.11. The SMILES string of the molecule is CCNC(Cc1cccc(C)c1)c1c(Br)nnn1C. The van der Waals surface area contributed by atoms with Gasteiger partial charge in [0.05, 0.1) is 11.7 Å². The second-order valence-corrected chi connectivity index (χ2v) is 5.44. The van der Waals surface area contributed by atoms with Crippen LogP contribution in [0, 0.1) is 6.92 Å². The lowest BCUT2D eigenvalue weighted by Crippen LogP contribution is -2.25. The molecule has 1 heterocycles. The van der Waals surface area contributed by atoms with Crippen LogP contribution < -0.4 is 5.32 Å². The van der Waals surface area contributed by atoms with Gasteiger partial charge in [-0.25, -0.2) is 4.68 Å². The van der Waals surface area contributed by atoms with Crippen LogP contribution in [-0.4, -0.2) is 21.5 Å². The van der Waals surface area contributed by atoms with Gasteiger partial charge >= 0.3 is 0 Å². The molecule has 1 aromatic carbocycles. The zero-order chi connectivity index (χ0) is 13.8. The van der Waals surface area contributed by atoms with Crippen LogP contribution in [0.2, 0.25) is 0 Å². The smallest absolute Gasteiger partial charge is 0.153 e. The second kappa shape index (κ2) is 6.30. The Balaban J connectivity index is 2.26. The van der Waals surface area contributed by atoms with Gasteiger partial charge < -0.3 is 5.32 Å². The maximum absolute atomic E-state index is 4.07. The van der Waals surface area contributed by atoms with E-state index >= 15 is 0 Å². The summed E-state index contributed by atoms with van der Waals surface area (Å²) in [7, 11) is 1.92. The highest BCUT2D eigenvalue weighted by atomic mass is 79.9. The highest BCUT2D eigenvalue weighted by Gasteiger charge is 2.19. The lowest BCUT2D eigenvalue weighted by Gasteiger charge is -2.18. The van der Waals surface area contributed by atoms with E-state index in [9.17, 15) is 0 Å². The molecule has 0 saturated carbocycles. The second-order valence-electron chi connectivity index (χ2n) is 4.69. The molecular weight excluding hydrogens is 304 g/mol. The molecule has 1 aromatic heterocycles. The Morgan fingerprint density at radius 2 is 2.21 bits per heavy atom. The average Bonchev–Trinajstić information content (AvgIpc) is 2.69. The van der Waals surface area contributed by atoms with E-state index in [0.717, 1.165) is 23.3 Å². The molecule has 102 valence electrons. The molecule has 2 aromatic rings. The van der Waals surface area contributed by atoms with Crippen LogP contribution in [0.1, 0.15) is 29.8 Å². The maximum Gasteiger partial charge on any atom is 0.153 e. The van der Waals surface area contributed by atoms with E-state index in [2.05, 4.69) is 69.7 Å². The largest absolute Gasteiger partial charge is 0.309 e. The molecule has 19 heavy (non-hydrogen) atoms. The third kappa shape index (κ3) is 3.42. The Hall–Kier alpha value is -1.20. The fourth-order valence-electron chi connectivity index (χ4n) is 2.30. The fourth-order valence-corrected chi connectivity index (χ4v) is 2.90. The van der Waals surface area contributed by atoms with Crippen LogP contribution in [0.15, 0.2) is 28.9 Å². The van der Waals surface area contributed by atoms with Crippen LogP contribution in [0.3, 0.4) is 0 Å². The van der Waals surface area contributed by atoms with Gasteiger partial charge in [0.25, 0.3) is 0 Å². The Bertz CT molecular complexity index is 531. The number of nitrogens with one attached hydrogen (secondary N) is 1. The third-order valence-electron chi connectivity index (χ3n) is 3.13. The molecule has 0 radical (unpaired) electrons. The number of hydrogen-bond acceptors (Lipinski definition) is 3. The molecule has 0 aliphatic heterocycles. The zero-order valence-electron chi connectivity index (χ0n) is 11.5. The van der Waals surface area contributed by atoms with Crippen molar-refractivity contribution in [2.45, 2.75) is 26.3 Å². The predicted octanol–water partition coefficient (Wildman–Crippen LogP) is 2.78. The molecule has 1 N–H and O–H groups in total. The van der Waals surface area contributed by atoms with Gasteiger partial charge in [0.2, 0.25) is 0 Å². The number of nitrogens with zero attached hydrogens (tertiary/aromatic N) is 3. The molecule has 0 bridgehead atoms. The number of benzene rings is 1. The molecule has 1 atom stereocenters. The Morgan fingerprint density at radius 3 is 2.79 bits per heavy atom. The van der Waals surface area contributed by atoms with Crippen molar-refractivity contribution < 1.29 is 0 Å². The van der Waals surface area contributed by atoms with E-state index < -0.39 is 0 Å². The first kappa shape index (κ1) is 14.2. The van der Waals surface area contributed by atoms with Crippen LogP contribution in [-0.2, 0) is 13.5 Å². The number of hydrogen-bond donors (Lipinski definition) is 1. The van der Waals surface area contributed by atoms with E-state index in [1.807, 2.05) is 11.7 Å². The van der Waals surface area contributed by atoms with Crippen molar-refractivity contribution in [2.75, 3.05) is 6.54 Å². The summed E-state index contributed by atoms with van der Waals surface area (Å²) in [5.74, 6) is 0. The predicted molar refractivity (Wildman–Crippen MR) is 80.0 cm³/mol. The summed E-state index contributed by atoms with van der Waals surface area (Å²) in [4.78, 5) is 0. The highest BCUT2D eigenvalue weighted by Crippen LogP contribution is 2.24. The minimum Gasteiger partial charge on any atom is -0.309 e. The molecule has 4 nitrogen and oxygen atoms in total. The minimum atomic E-state index is 0.209. The molecule has 0 aliphatic carbocycles. The first-order valence-corrected chi connectivity index (χ1v) is 7.25. The van der Waals surface area contributed by atoms with E-state index in [-0.39, 0.29) is 6.04 Å². The Labute approximate surface area is 122 Å². The molecule has 5 heteroatoms. The lowest BCUT2D eigenvalue weighted by molar-refractivity contribution is 0.505. The number of likely N-dealkylation sites (N-methyl/N-ethyl adjacent to an activating group) is 1. The van der Waals surface area contributed by atoms with Gasteiger partial charge in [0.1, 0.15) is 0 Å². The molecule has 0 amide bonds. The fraction of sp³-hybridized carbons (Fsp3) is 0.429. The highest BCUT2D eigenvalue weighted by molar-refractivity contribution is 9.10. The third-order valence-corrected chi connectivity index (χ3v) is 3.69. The molecule has 0 fully saturated rings. The molecule has 2 rings (SSSR count). The normalized spacial score (nSPS) is 12.6. The standard InChI is InChI=1S/C14H19BrN4/c1-4-16-12(13-14(15)17-18-19(13)3)9-11-7-5-6-10(2)8-11/h5-8,12,16H,4,9H2,1-3H3. The van der Waals surface area contributed by atoms with Crippen molar-refractivity contribution in [3.63, 3.8) is 0 Å². The summed E-state index contributed by atoms with van der Waals surface area (Å²) in [5.41, 5.74) is 3.69. The van der Waals surface area contributed by atoms with E-state index in [1.54, 1.807) is 0 Å². The maximum atomic E-state index is 4.07. The van der Waals surface area contributed by atoms with Gasteiger partial charge in [0.15, 0.2) is 4.60 Å². The number of aryl methyl sites for hydroxylation is 2. The molecule has 1 unspecified atom stereocenters. The van der Waals surface area contributed by atoms with Crippen molar-refractivity contribution in [1.82, 2.24) is 20.3 Å². The van der Waals surface area contributed by atoms with E-state index in [4.69, 9.17) is 0 Å². The zero-order valence-corrected chi connectivity index (χ0v) is 13.1. The van der Waals surface area contributed by atoms with Crippen LogP contribution in [0.5, 0.6) is 0 Å². The van der Waals surface area contributed by atoms with Gasteiger partial charge in [-0.2, -0.15) is 0 Å². The van der Waals surface area contributed by atoms with Crippen molar-refractivity contribution in [1.29, 1.82) is 0 Å². The summed E-state index contributed by atoms with van der Waals surface area (Å²) in [6.07, 6.45) is 0.926. The van der Waals surface area contributed by atoms with Gasteiger partial charge in [-0.05, 0) is 41.4 Å². The van der Waals surface area contributed by atoms with Crippen molar-refractivity contribution >= 4 is 15.9 Å². The average molecular weight is 323 g/mol. The van der Waals surface area contributed by atoms with Crippen LogP contribution in [0.25, 0.3) is 0 Å². The van der Waals surface area contributed by atoms with E-state index in [1.165, 1.54) is 11.1 Å². The van der Waals surface area contributed by atoms with Gasteiger partial charge in [-0.15, -0.1) is 5.10 Å². The topological polar surface area (TPSA) is 42.7 Å². The lowest BCUT2D eigenvalue weighted by atomic mass is 10.0. The Morgan fingerprint density at radius 1 is 1.42 bits per heavy atom. The van der Waals surface area contributed by atoms with E-state index in [0.29, 0.717) is 0 Å². The molecule has 0 saturated heterocycles. The quantitative estimate of drug-likeness (QED) is 0.920. The first-order valence-electron chi connectivity index (χ1n) is 6.45. The van der Waals surface area contributed by atoms with Gasteiger partial charge in [-0.1, -0.05) is 42.0 Å². The van der Waals surface area contributed by atoms with Crippen molar-refractivity contribution in [2.24, 2.45) is 7.05 Å². The Kier molecular flexibility index (Phi) is 4.71. The number of halogens is 1.